The van der Waals surface area contributed by atoms with E-state index in [9.17, 15) is 22.8 Å². The maximum absolute atomic E-state index is 11.9. The molecule has 0 aliphatic heterocycles. The third-order valence-electron chi connectivity index (χ3n) is 2.10. The number of hydrogen-bond acceptors (Lipinski definition) is 3. The summed E-state index contributed by atoms with van der Waals surface area (Å²) >= 11 is 3.07. The van der Waals surface area contributed by atoms with E-state index in [0.717, 1.165) is 0 Å². The molecular formula is C11H10BrF3N2O3. The van der Waals surface area contributed by atoms with Crippen LogP contribution in [0.2, 0.25) is 0 Å². The predicted molar refractivity (Wildman–Crippen MR) is 68.7 cm³/mol. The van der Waals surface area contributed by atoms with Gasteiger partial charge in [0.2, 0.25) is 5.91 Å². The van der Waals surface area contributed by atoms with Crippen LogP contribution in [0.1, 0.15) is 10.4 Å². The second-order valence-corrected chi connectivity index (χ2v) is 4.62. The minimum Gasteiger partial charge on any atom is -0.478 e. The third-order valence-corrected chi connectivity index (χ3v) is 2.76. The molecule has 0 unspecified atom stereocenters. The first kappa shape index (κ1) is 16.4. The Kier molecular flexibility index (Phi) is 5.52. The monoisotopic (exact) mass is 354 g/mol. The number of amides is 1. The predicted octanol–water partition coefficient (Wildman–Crippen LogP) is 2.24. The molecule has 0 spiro atoms. The van der Waals surface area contributed by atoms with Crippen molar-refractivity contribution in [2.45, 2.75) is 6.18 Å². The van der Waals surface area contributed by atoms with Gasteiger partial charge in [0.05, 0.1) is 24.3 Å². The van der Waals surface area contributed by atoms with E-state index in [1.165, 1.54) is 18.2 Å². The Morgan fingerprint density at radius 3 is 2.45 bits per heavy atom. The quantitative estimate of drug-likeness (QED) is 0.757. The Hall–Kier alpha value is -1.61. The minimum absolute atomic E-state index is 0.0186. The molecule has 0 radical (unpaired) electrons. The zero-order valence-electron chi connectivity index (χ0n) is 9.92. The molecule has 0 aromatic heterocycles. The lowest BCUT2D eigenvalue weighted by atomic mass is 10.2. The van der Waals surface area contributed by atoms with Crippen LogP contribution < -0.4 is 10.6 Å². The largest absolute Gasteiger partial charge is 0.478 e. The highest BCUT2D eigenvalue weighted by atomic mass is 79.9. The normalized spacial score (nSPS) is 11.2. The van der Waals surface area contributed by atoms with Crippen LogP contribution in [0.25, 0.3) is 0 Å². The molecule has 0 fully saturated rings. The summed E-state index contributed by atoms with van der Waals surface area (Å²) in [6, 6.07) is 3.89. The maximum atomic E-state index is 11.9. The third kappa shape index (κ3) is 5.57. The summed E-state index contributed by atoms with van der Waals surface area (Å²) in [4.78, 5) is 22.1. The lowest BCUT2D eigenvalue weighted by Crippen LogP contribution is -2.35. The van der Waals surface area contributed by atoms with Crippen LogP contribution in [0.3, 0.4) is 0 Å². The second-order valence-electron chi connectivity index (χ2n) is 3.77. The Labute approximate surface area is 120 Å². The van der Waals surface area contributed by atoms with Crippen LogP contribution in [-0.4, -0.2) is 36.2 Å². The summed E-state index contributed by atoms with van der Waals surface area (Å²) in [6.07, 6.45) is -4.38. The average molecular weight is 355 g/mol. The standard InChI is InChI=1S/C11H10BrF3N2O3/c12-7-3-6(10(19)20)1-2-8(7)17-9(18)4-16-5-11(13,14)15/h1-3,16H,4-5H2,(H,17,18)(H,19,20). The number of carbonyl (C=O) groups is 2. The van der Waals surface area contributed by atoms with Gasteiger partial charge in [-0.3, -0.25) is 4.79 Å². The van der Waals surface area contributed by atoms with Gasteiger partial charge in [0.1, 0.15) is 0 Å². The van der Waals surface area contributed by atoms with Crippen molar-refractivity contribution < 1.29 is 27.9 Å². The van der Waals surface area contributed by atoms with Crippen molar-refractivity contribution in [1.29, 1.82) is 0 Å². The summed E-state index contributed by atoms with van der Waals surface area (Å²) in [6.45, 7) is -1.77. The van der Waals surface area contributed by atoms with Gasteiger partial charge in [-0.25, -0.2) is 4.79 Å². The smallest absolute Gasteiger partial charge is 0.401 e. The molecule has 0 saturated carbocycles. The highest BCUT2D eigenvalue weighted by Gasteiger charge is 2.26. The zero-order valence-corrected chi connectivity index (χ0v) is 11.5. The molecule has 1 amide bonds. The molecule has 0 heterocycles. The molecule has 5 nitrogen and oxygen atoms in total. The van der Waals surface area contributed by atoms with E-state index in [0.29, 0.717) is 4.47 Å². The number of carboxylic acids is 1. The Balaban J connectivity index is 2.56. The van der Waals surface area contributed by atoms with Crippen LogP contribution in [0, 0.1) is 0 Å². The summed E-state index contributed by atoms with van der Waals surface area (Å²) < 4.78 is 35.9. The second kappa shape index (κ2) is 6.71. The number of aromatic carboxylic acids is 1. The number of alkyl halides is 3. The van der Waals surface area contributed by atoms with Gasteiger partial charge >= 0.3 is 12.1 Å². The number of rotatable bonds is 5. The Morgan fingerprint density at radius 2 is 1.95 bits per heavy atom. The SMILES string of the molecule is O=C(CNCC(F)(F)F)Nc1ccc(C(=O)O)cc1Br. The fraction of sp³-hybridized carbons (Fsp3) is 0.273. The summed E-state index contributed by atoms with van der Waals surface area (Å²) in [7, 11) is 0. The van der Waals surface area contributed by atoms with Crippen molar-refractivity contribution in [3.63, 3.8) is 0 Å². The lowest BCUT2D eigenvalue weighted by molar-refractivity contribution is -0.126. The molecule has 1 aromatic rings. The van der Waals surface area contributed by atoms with Crippen molar-refractivity contribution in [3.8, 4) is 0 Å². The highest BCUT2D eigenvalue weighted by molar-refractivity contribution is 9.10. The van der Waals surface area contributed by atoms with Gasteiger partial charge in [-0.15, -0.1) is 0 Å². The number of anilines is 1. The highest BCUT2D eigenvalue weighted by Crippen LogP contribution is 2.23. The summed E-state index contributed by atoms with van der Waals surface area (Å²) in [5.41, 5.74) is 0.291. The molecule has 110 valence electrons. The Morgan fingerprint density at radius 1 is 1.30 bits per heavy atom. The molecule has 3 N–H and O–H groups in total. The molecule has 1 aromatic carbocycles. The zero-order chi connectivity index (χ0) is 15.3. The van der Waals surface area contributed by atoms with Gasteiger partial charge < -0.3 is 15.7 Å². The van der Waals surface area contributed by atoms with Crippen molar-refractivity contribution in [2.24, 2.45) is 0 Å². The first-order valence-corrected chi connectivity index (χ1v) is 6.08. The Bertz CT molecular complexity index is 520. The molecule has 0 aliphatic carbocycles. The van der Waals surface area contributed by atoms with E-state index in [-0.39, 0.29) is 11.3 Å². The number of halogens is 4. The van der Waals surface area contributed by atoms with Crippen LogP contribution >= 0.6 is 15.9 Å². The van der Waals surface area contributed by atoms with E-state index >= 15 is 0 Å². The molecule has 20 heavy (non-hydrogen) atoms. The van der Waals surface area contributed by atoms with Crippen LogP contribution in [0.15, 0.2) is 22.7 Å². The first-order chi connectivity index (χ1) is 9.19. The molecule has 0 bridgehead atoms. The molecule has 9 heteroatoms. The number of nitrogens with one attached hydrogen (secondary N) is 2. The van der Waals surface area contributed by atoms with Gasteiger partial charge in [0.15, 0.2) is 0 Å². The number of carboxylic acid groups (broad SMARTS) is 1. The van der Waals surface area contributed by atoms with E-state index in [4.69, 9.17) is 5.11 Å². The van der Waals surface area contributed by atoms with Gasteiger partial charge in [-0.2, -0.15) is 13.2 Å². The number of carbonyl (C=O) groups excluding carboxylic acids is 1. The van der Waals surface area contributed by atoms with E-state index < -0.39 is 31.1 Å². The molecule has 0 atom stereocenters. The van der Waals surface area contributed by atoms with Crippen molar-refractivity contribution in [3.05, 3.63) is 28.2 Å². The fourth-order valence-corrected chi connectivity index (χ4v) is 1.74. The van der Waals surface area contributed by atoms with Gasteiger partial charge in [-0.05, 0) is 34.1 Å². The lowest BCUT2D eigenvalue weighted by Gasteiger charge is -2.10. The van der Waals surface area contributed by atoms with E-state index in [1.807, 2.05) is 5.32 Å². The van der Waals surface area contributed by atoms with Crippen LogP contribution in [0.5, 0.6) is 0 Å². The van der Waals surface area contributed by atoms with Crippen LogP contribution in [-0.2, 0) is 4.79 Å². The fourth-order valence-electron chi connectivity index (χ4n) is 1.26. The van der Waals surface area contributed by atoms with Crippen molar-refractivity contribution in [1.82, 2.24) is 5.32 Å². The van der Waals surface area contributed by atoms with Crippen molar-refractivity contribution in [2.75, 3.05) is 18.4 Å². The molecule has 0 saturated heterocycles. The van der Waals surface area contributed by atoms with Crippen LogP contribution in [0.4, 0.5) is 18.9 Å². The summed E-state index contributed by atoms with van der Waals surface area (Å²) in [5, 5.41) is 13.1. The van der Waals surface area contributed by atoms with Gasteiger partial charge in [0, 0.05) is 4.47 Å². The topological polar surface area (TPSA) is 78.4 Å². The molecule has 0 aliphatic rings. The molecule has 1 rings (SSSR count). The van der Waals surface area contributed by atoms with E-state index in [1.54, 1.807) is 0 Å². The summed E-state index contributed by atoms with van der Waals surface area (Å²) in [5.74, 6) is -1.80. The van der Waals surface area contributed by atoms with Crippen molar-refractivity contribution >= 4 is 33.5 Å². The maximum Gasteiger partial charge on any atom is 0.401 e. The van der Waals surface area contributed by atoms with Gasteiger partial charge in [0.25, 0.3) is 0 Å². The van der Waals surface area contributed by atoms with E-state index in [2.05, 4.69) is 21.2 Å². The van der Waals surface area contributed by atoms with Gasteiger partial charge in [-0.1, -0.05) is 0 Å². The number of hydrogen-bond donors (Lipinski definition) is 3. The first-order valence-electron chi connectivity index (χ1n) is 5.29. The number of benzene rings is 1. The molecular weight excluding hydrogens is 345 g/mol. The minimum atomic E-state index is -4.38. The average Bonchev–Trinajstić information content (AvgIpc) is 2.29.